The van der Waals surface area contributed by atoms with E-state index in [-0.39, 0.29) is 4.90 Å². The predicted molar refractivity (Wildman–Crippen MR) is 61.1 cm³/mol. The second-order valence-corrected chi connectivity index (χ2v) is 5.06. The molecule has 0 atom stereocenters. The molecule has 5 nitrogen and oxygen atoms in total. The molecule has 0 aliphatic rings. The Morgan fingerprint density at radius 1 is 1.35 bits per heavy atom. The molecule has 0 aliphatic heterocycles. The van der Waals surface area contributed by atoms with Crippen LogP contribution >= 0.6 is 0 Å². The van der Waals surface area contributed by atoms with E-state index in [1.54, 1.807) is 24.3 Å². The van der Waals surface area contributed by atoms with Crippen molar-refractivity contribution in [2.24, 2.45) is 0 Å². The van der Waals surface area contributed by atoms with Crippen molar-refractivity contribution in [1.29, 1.82) is 5.26 Å². The maximum Gasteiger partial charge on any atom is 0.220 e. The monoisotopic (exact) mass is 250 g/mol. The van der Waals surface area contributed by atoms with Crippen LogP contribution in [0.2, 0.25) is 0 Å². The molecule has 0 radical (unpaired) electrons. The summed E-state index contributed by atoms with van der Waals surface area (Å²) in [5, 5.41) is 11.0. The van der Waals surface area contributed by atoms with Crippen LogP contribution < -0.4 is 5.32 Å². The van der Waals surface area contributed by atoms with E-state index in [1.807, 2.05) is 0 Å². The minimum absolute atomic E-state index is 0.0122. The highest BCUT2D eigenvalue weighted by atomic mass is 32.2. The molecular weight excluding hydrogens is 240 g/mol. The minimum atomic E-state index is -3.86. The number of nitrogens with one attached hydrogen (secondary N) is 1. The van der Waals surface area contributed by atoms with Gasteiger partial charge in [0.25, 0.3) is 0 Å². The second-order valence-electron chi connectivity index (χ2n) is 3.14. The van der Waals surface area contributed by atoms with Gasteiger partial charge in [-0.2, -0.15) is 5.26 Å². The van der Waals surface area contributed by atoms with Crippen LogP contribution in [-0.2, 0) is 14.6 Å². The quantitative estimate of drug-likeness (QED) is 0.809. The molecule has 0 heterocycles. The van der Waals surface area contributed by atoms with Crippen molar-refractivity contribution >= 4 is 15.7 Å². The lowest BCUT2D eigenvalue weighted by atomic mass is 10.4. The van der Waals surface area contributed by atoms with E-state index in [4.69, 9.17) is 5.26 Å². The summed E-state index contributed by atoms with van der Waals surface area (Å²) in [5.41, 5.74) is 0. The normalized spacial score (nSPS) is 11.6. The Bertz CT molecular complexity index is 583. The molecule has 0 unspecified atom stereocenters. The third-order valence-corrected chi connectivity index (χ3v) is 3.54. The van der Waals surface area contributed by atoms with Crippen LogP contribution in [0.25, 0.3) is 0 Å². The smallest absolute Gasteiger partial charge is 0.220 e. The van der Waals surface area contributed by atoms with E-state index >= 15 is 0 Å². The van der Waals surface area contributed by atoms with Crippen LogP contribution in [0.15, 0.2) is 46.3 Å². The Kier molecular flexibility index (Phi) is 4.01. The Hall–Kier alpha value is -2.13. The Labute approximate surface area is 99.3 Å². The molecular formula is C11H10N2O3S. The Morgan fingerprint density at radius 2 is 1.94 bits per heavy atom. The maximum absolute atomic E-state index is 11.9. The summed E-state index contributed by atoms with van der Waals surface area (Å²) in [6, 6.07) is 9.10. The first-order valence-electron chi connectivity index (χ1n) is 4.66. The molecule has 1 aromatic rings. The summed E-state index contributed by atoms with van der Waals surface area (Å²) in [6.07, 6.45) is 0.894. The summed E-state index contributed by atoms with van der Waals surface area (Å²) in [7, 11) is -3.86. The standard InChI is InChI=1S/C11H10N2O3S/c1-9(14)13-8-11(7-12)17(15,16)10-5-3-2-4-6-10/h2-6,8H,1H3,(H,13,14). The number of nitrogens with zero attached hydrogens (tertiary/aromatic N) is 1. The molecule has 0 saturated heterocycles. The summed E-state index contributed by atoms with van der Waals surface area (Å²) >= 11 is 0. The van der Waals surface area contributed by atoms with Gasteiger partial charge in [0.05, 0.1) is 4.90 Å². The third-order valence-electron chi connectivity index (χ3n) is 1.86. The number of rotatable bonds is 3. The van der Waals surface area contributed by atoms with Crippen molar-refractivity contribution in [3.63, 3.8) is 0 Å². The number of benzene rings is 1. The van der Waals surface area contributed by atoms with Crippen LogP contribution in [0.1, 0.15) is 6.92 Å². The van der Waals surface area contributed by atoms with Gasteiger partial charge in [-0.1, -0.05) is 18.2 Å². The van der Waals surface area contributed by atoms with E-state index in [0.29, 0.717) is 0 Å². The zero-order valence-corrected chi connectivity index (χ0v) is 9.86. The summed E-state index contributed by atoms with van der Waals surface area (Å²) < 4.78 is 23.9. The lowest BCUT2D eigenvalue weighted by molar-refractivity contribution is -0.118. The zero-order chi connectivity index (χ0) is 12.9. The van der Waals surface area contributed by atoms with Crippen LogP contribution in [0.3, 0.4) is 0 Å². The van der Waals surface area contributed by atoms with E-state index < -0.39 is 20.6 Å². The highest BCUT2D eigenvalue weighted by Gasteiger charge is 2.20. The van der Waals surface area contributed by atoms with Crippen LogP contribution in [-0.4, -0.2) is 14.3 Å². The van der Waals surface area contributed by atoms with Gasteiger partial charge in [0, 0.05) is 13.1 Å². The SMILES string of the molecule is CC(=O)NC=C(C#N)S(=O)(=O)c1ccccc1. The molecule has 1 N–H and O–H groups in total. The van der Waals surface area contributed by atoms with Crippen LogP contribution in [0, 0.1) is 11.3 Å². The lowest BCUT2D eigenvalue weighted by Crippen LogP contribution is -2.15. The summed E-state index contributed by atoms with van der Waals surface area (Å²) in [5.74, 6) is -0.444. The van der Waals surface area contributed by atoms with E-state index in [0.717, 1.165) is 6.20 Å². The Balaban J connectivity index is 3.18. The fraction of sp³-hybridized carbons (Fsp3) is 0.0909. The van der Waals surface area contributed by atoms with E-state index in [2.05, 4.69) is 5.32 Å². The van der Waals surface area contributed by atoms with Gasteiger partial charge in [0.15, 0.2) is 4.91 Å². The van der Waals surface area contributed by atoms with Gasteiger partial charge < -0.3 is 5.32 Å². The third kappa shape index (κ3) is 3.16. The molecule has 0 aromatic heterocycles. The van der Waals surface area contributed by atoms with E-state index in [1.165, 1.54) is 19.1 Å². The fourth-order valence-electron chi connectivity index (χ4n) is 1.06. The van der Waals surface area contributed by atoms with Crippen molar-refractivity contribution in [2.45, 2.75) is 11.8 Å². The highest BCUT2D eigenvalue weighted by molar-refractivity contribution is 7.95. The first-order chi connectivity index (χ1) is 7.98. The van der Waals surface area contributed by atoms with Crippen LogP contribution in [0.5, 0.6) is 0 Å². The van der Waals surface area contributed by atoms with Crippen molar-refractivity contribution < 1.29 is 13.2 Å². The van der Waals surface area contributed by atoms with Gasteiger partial charge in [0.1, 0.15) is 6.07 Å². The molecule has 0 fully saturated rings. The van der Waals surface area contributed by atoms with Crippen LogP contribution in [0.4, 0.5) is 0 Å². The molecule has 88 valence electrons. The molecule has 1 aromatic carbocycles. The van der Waals surface area contributed by atoms with Gasteiger partial charge in [-0.15, -0.1) is 0 Å². The number of amides is 1. The van der Waals surface area contributed by atoms with Crippen molar-refractivity contribution in [1.82, 2.24) is 5.32 Å². The van der Waals surface area contributed by atoms with Crippen molar-refractivity contribution in [2.75, 3.05) is 0 Å². The van der Waals surface area contributed by atoms with Gasteiger partial charge in [-0.3, -0.25) is 4.79 Å². The van der Waals surface area contributed by atoms with Crippen molar-refractivity contribution in [3.8, 4) is 6.07 Å². The molecule has 0 aliphatic carbocycles. The fourth-order valence-corrected chi connectivity index (χ4v) is 2.17. The topological polar surface area (TPSA) is 87.0 Å². The maximum atomic E-state index is 11.9. The zero-order valence-electron chi connectivity index (χ0n) is 9.04. The Morgan fingerprint density at radius 3 is 2.41 bits per heavy atom. The van der Waals surface area contributed by atoms with Gasteiger partial charge >= 0.3 is 0 Å². The molecule has 17 heavy (non-hydrogen) atoms. The number of nitriles is 1. The molecule has 6 heteroatoms. The molecule has 0 spiro atoms. The number of hydrogen-bond acceptors (Lipinski definition) is 4. The first kappa shape index (κ1) is 12.9. The number of carbonyl (C=O) groups is 1. The number of carbonyl (C=O) groups excluding carboxylic acids is 1. The summed E-state index contributed by atoms with van der Waals surface area (Å²) in [6.45, 7) is 1.22. The predicted octanol–water partition coefficient (Wildman–Crippen LogP) is 0.961. The molecule has 0 bridgehead atoms. The van der Waals surface area contributed by atoms with Crippen molar-refractivity contribution in [3.05, 3.63) is 41.4 Å². The average Bonchev–Trinajstić information content (AvgIpc) is 2.30. The lowest BCUT2D eigenvalue weighted by Gasteiger charge is -2.02. The summed E-state index contributed by atoms with van der Waals surface area (Å²) in [4.78, 5) is 10.2. The number of allylic oxidation sites excluding steroid dienone is 1. The molecule has 0 saturated carbocycles. The minimum Gasteiger partial charge on any atom is -0.331 e. The first-order valence-corrected chi connectivity index (χ1v) is 6.14. The van der Waals surface area contributed by atoms with Gasteiger partial charge in [-0.25, -0.2) is 8.42 Å². The average molecular weight is 250 g/mol. The van der Waals surface area contributed by atoms with Gasteiger partial charge in [0.2, 0.25) is 15.7 Å². The number of hydrogen-bond donors (Lipinski definition) is 1. The van der Waals surface area contributed by atoms with E-state index in [9.17, 15) is 13.2 Å². The molecule has 1 amide bonds. The molecule has 1 rings (SSSR count). The second kappa shape index (κ2) is 5.27. The number of sulfone groups is 1. The van der Waals surface area contributed by atoms with Gasteiger partial charge in [-0.05, 0) is 12.1 Å². The highest BCUT2D eigenvalue weighted by Crippen LogP contribution is 2.17. The largest absolute Gasteiger partial charge is 0.331 e.